The van der Waals surface area contributed by atoms with Crippen LogP contribution in [0.5, 0.6) is 0 Å². The Bertz CT molecular complexity index is 453. The van der Waals surface area contributed by atoms with Gasteiger partial charge in [-0.15, -0.1) is 0 Å². The van der Waals surface area contributed by atoms with Crippen LogP contribution in [0.3, 0.4) is 0 Å². The third kappa shape index (κ3) is 6.18. The topological polar surface area (TPSA) is 67.6 Å². The minimum atomic E-state index is -0.222. The van der Waals surface area contributed by atoms with Crippen LogP contribution >= 0.6 is 23.8 Å². The summed E-state index contributed by atoms with van der Waals surface area (Å²) in [5.74, 6) is 0. The zero-order valence-electron chi connectivity index (χ0n) is 11.3. The van der Waals surface area contributed by atoms with E-state index >= 15 is 0 Å². The molecule has 0 aliphatic heterocycles. The lowest BCUT2D eigenvalue weighted by molar-refractivity contribution is 0.156. The number of carbonyl (C=O) groups is 1. The first kappa shape index (κ1) is 16.7. The number of anilines is 1. The number of rotatable bonds is 7. The number of hydrogen-bond donors (Lipinski definition) is 2. The first-order valence-corrected chi connectivity index (χ1v) is 6.90. The van der Waals surface area contributed by atoms with Gasteiger partial charge in [0.05, 0.1) is 11.6 Å². The van der Waals surface area contributed by atoms with Gasteiger partial charge in [0.25, 0.3) is 0 Å². The summed E-state index contributed by atoms with van der Waals surface area (Å²) in [7, 11) is 1.59. The van der Waals surface area contributed by atoms with Crippen LogP contribution in [-0.2, 0) is 4.74 Å². The minimum absolute atomic E-state index is 0.222. The maximum absolute atomic E-state index is 12.2. The Morgan fingerprint density at radius 3 is 2.60 bits per heavy atom. The van der Waals surface area contributed by atoms with E-state index in [9.17, 15) is 4.79 Å². The van der Waals surface area contributed by atoms with Crippen LogP contribution < -0.4 is 11.1 Å². The number of carbonyl (C=O) groups excluding carboxylic acids is 1. The molecular formula is C13H18ClN3O2S. The van der Waals surface area contributed by atoms with Crippen LogP contribution in [0.2, 0.25) is 5.02 Å². The molecule has 1 aromatic rings. The number of benzene rings is 1. The number of methoxy groups -OCH3 is 1. The second-order valence-corrected chi connectivity index (χ2v) is 5.09. The van der Waals surface area contributed by atoms with Gasteiger partial charge < -0.3 is 20.7 Å². The van der Waals surface area contributed by atoms with E-state index < -0.39 is 0 Å². The molecule has 1 rings (SSSR count). The summed E-state index contributed by atoms with van der Waals surface area (Å²) >= 11 is 10.6. The van der Waals surface area contributed by atoms with E-state index in [1.165, 1.54) is 0 Å². The van der Waals surface area contributed by atoms with Crippen molar-refractivity contribution in [3.8, 4) is 0 Å². The van der Waals surface area contributed by atoms with Crippen LogP contribution in [0, 0.1) is 0 Å². The summed E-state index contributed by atoms with van der Waals surface area (Å²) in [4.78, 5) is 14.1. The van der Waals surface area contributed by atoms with E-state index in [0.717, 1.165) is 0 Å². The van der Waals surface area contributed by atoms with Crippen molar-refractivity contribution in [2.75, 3.05) is 32.1 Å². The molecule has 0 bridgehead atoms. The van der Waals surface area contributed by atoms with Gasteiger partial charge in [-0.1, -0.05) is 23.8 Å². The highest BCUT2D eigenvalue weighted by molar-refractivity contribution is 7.80. The van der Waals surface area contributed by atoms with Crippen molar-refractivity contribution in [1.82, 2.24) is 4.90 Å². The number of amides is 2. The number of nitrogens with two attached hydrogens (primary N) is 1. The van der Waals surface area contributed by atoms with Crippen LogP contribution in [0.4, 0.5) is 10.5 Å². The summed E-state index contributed by atoms with van der Waals surface area (Å²) in [6.45, 7) is 1.38. The first-order valence-electron chi connectivity index (χ1n) is 6.11. The Hall–Kier alpha value is -1.37. The summed E-state index contributed by atoms with van der Waals surface area (Å²) < 4.78 is 4.99. The van der Waals surface area contributed by atoms with Crippen molar-refractivity contribution in [3.05, 3.63) is 29.3 Å². The fraction of sp³-hybridized carbons (Fsp3) is 0.385. The molecule has 0 radical (unpaired) electrons. The molecule has 0 aliphatic carbocycles. The van der Waals surface area contributed by atoms with Gasteiger partial charge in [-0.25, -0.2) is 4.79 Å². The third-order valence-electron chi connectivity index (χ3n) is 2.58. The Morgan fingerprint density at radius 1 is 1.40 bits per heavy atom. The molecule has 20 heavy (non-hydrogen) atoms. The molecular weight excluding hydrogens is 298 g/mol. The largest absolute Gasteiger partial charge is 0.393 e. The standard InChI is InChI=1S/C13H18ClN3O2S/c1-19-9-8-17(7-6-12(15)20)13(18)16-11-4-2-10(14)3-5-11/h2-5H,6-9H2,1H3,(H2,15,20)(H,16,18). The monoisotopic (exact) mass is 315 g/mol. The Balaban J connectivity index is 2.61. The van der Waals surface area contributed by atoms with Gasteiger partial charge in [0.2, 0.25) is 0 Å². The van der Waals surface area contributed by atoms with Crippen LogP contribution in [0.1, 0.15) is 6.42 Å². The SMILES string of the molecule is COCCN(CCC(N)=S)C(=O)Nc1ccc(Cl)cc1. The maximum atomic E-state index is 12.2. The molecule has 2 amide bonds. The van der Waals surface area contributed by atoms with E-state index in [1.54, 1.807) is 36.3 Å². The highest BCUT2D eigenvalue weighted by atomic mass is 35.5. The number of nitrogens with zero attached hydrogens (tertiary/aromatic N) is 1. The van der Waals surface area contributed by atoms with Crippen LogP contribution in [-0.4, -0.2) is 42.7 Å². The average Bonchev–Trinajstić information content (AvgIpc) is 2.41. The average molecular weight is 316 g/mol. The molecule has 1 aromatic carbocycles. The number of hydrogen-bond acceptors (Lipinski definition) is 3. The molecule has 7 heteroatoms. The van der Waals surface area contributed by atoms with Crippen molar-refractivity contribution < 1.29 is 9.53 Å². The Morgan fingerprint density at radius 2 is 2.05 bits per heavy atom. The normalized spacial score (nSPS) is 10.1. The fourth-order valence-electron chi connectivity index (χ4n) is 1.50. The molecule has 0 fully saturated rings. The van der Waals surface area contributed by atoms with Crippen molar-refractivity contribution in [3.63, 3.8) is 0 Å². The highest BCUT2D eigenvalue weighted by Gasteiger charge is 2.13. The molecule has 0 aromatic heterocycles. The lowest BCUT2D eigenvalue weighted by atomic mass is 10.3. The van der Waals surface area contributed by atoms with Gasteiger partial charge in [0.1, 0.15) is 0 Å². The van der Waals surface area contributed by atoms with Crippen molar-refractivity contribution in [1.29, 1.82) is 0 Å². The lowest BCUT2D eigenvalue weighted by Crippen LogP contribution is -2.39. The summed E-state index contributed by atoms with van der Waals surface area (Å²) in [6, 6.07) is 6.68. The van der Waals surface area contributed by atoms with E-state index in [-0.39, 0.29) is 6.03 Å². The lowest BCUT2D eigenvalue weighted by Gasteiger charge is -2.22. The smallest absolute Gasteiger partial charge is 0.321 e. The predicted octanol–water partition coefficient (Wildman–Crippen LogP) is 2.50. The molecule has 0 spiro atoms. The zero-order valence-corrected chi connectivity index (χ0v) is 12.8. The number of thiocarbonyl (C=S) groups is 1. The zero-order chi connectivity index (χ0) is 15.0. The van der Waals surface area contributed by atoms with Gasteiger partial charge in [-0.3, -0.25) is 0 Å². The van der Waals surface area contributed by atoms with Crippen LogP contribution in [0.15, 0.2) is 24.3 Å². The predicted molar refractivity (Wildman–Crippen MR) is 85.3 cm³/mol. The molecule has 0 atom stereocenters. The fourth-order valence-corrected chi connectivity index (χ4v) is 1.71. The molecule has 0 unspecified atom stereocenters. The van der Waals surface area contributed by atoms with E-state index in [2.05, 4.69) is 5.32 Å². The van der Waals surface area contributed by atoms with Gasteiger partial charge in [-0.05, 0) is 24.3 Å². The van der Waals surface area contributed by atoms with E-state index in [1.807, 2.05) is 0 Å². The number of ether oxygens (including phenoxy) is 1. The first-order chi connectivity index (χ1) is 9.52. The quantitative estimate of drug-likeness (QED) is 0.759. The van der Waals surface area contributed by atoms with E-state index in [4.69, 9.17) is 34.3 Å². The van der Waals surface area contributed by atoms with Crippen molar-refractivity contribution in [2.24, 2.45) is 5.73 Å². The van der Waals surface area contributed by atoms with Gasteiger partial charge in [0, 0.05) is 37.3 Å². The second-order valence-electron chi connectivity index (χ2n) is 4.13. The summed E-state index contributed by atoms with van der Waals surface area (Å²) in [6.07, 6.45) is 0.479. The number of halogens is 1. The van der Waals surface area contributed by atoms with Crippen molar-refractivity contribution >= 4 is 40.5 Å². The number of nitrogens with one attached hydrogen (secondary N) is 1. The molecule has 5 nitrogen and oxygen atoms in total. The minimum Gasteiger partial charge on any atom is -0.393 e. The molecule has 0 saturated heterocycles. The van der Waals surface area contributed by atoms with Crippen LogP contribution in [0.25, 0.3) is 0 Å². The molecule has 0 heterocycles. The maximum Gasteiger partial charge on any atom is 0.321 e. The molecule has 110 valence electrons. The number of urea groups is 1. The van der Waals surface area contributed by atoms with Gasteiger partial charge >= 0.3 is 6.03 Å². The third-order valence-corrected chi connectivity index (χ3v) is 3.03. The molecule has 0 saturated carbocycles. The Kier molecular flexibility index (Phi) is 7.28. The van der Waals surface area contributed by atoms with Gasteiger partial charge in [0.15, 0.2) is 0 Å². The second kappa shape index (κ2) is 8.73. The molecule has 3 N–H and O–H groups in total. The summed E-state index contributed by atoms with van der Waals surface area (Å²) in [5.41, 5.74) is 6.14. The van der Waals surface area contributed by atoms with Gasteiger partial charge in [-0.2, -0.15) is 0 Å². The van der Waals surface area contributed by atoms with E-state index in [0.29, 0.717) is 41.8 Å². The Labute approximate surface area is 129 Å². The molecule has 0 aliphatic rings. The summed E-state index contributed by atoms with van der Waals surface area (Å²) in [5, 5.41) is 3.41. The van der Waals surface area contributed by atoms with Crippen molar-refractivity contribution in [2.45, 2.75) is 6.42 Å². The highest BCUT2D eigenvalue weighted by Crippen LogP contribution is 2.14.